The molecule has 0 spiro atoms. The number of hydrogen-bond acceptors (Lipinski definition) is 1. The Morgan fingerprint density at radius 2 is 1.44 bits per heavy atom. The summed E-state index contributed by atoms with van der Waals surface area (Å²) < 4.78 is 0. The van der Waals surface area contributed by atoms with Gasteiger partial charge in [0.15, 0.2) is 5.96 Å². The second kappa shape index (κ2) is 2.70. The van der Waals surface area contributed by atoms with E-state index in [0.717, 1.165) is 38.8 Å². The van der Waals surface area contributed by atoms with Crippen LogP contribution >= 0.6 is 0 Å². The summed E-state index contributed by atoms with van der Waals surface area (Å²) in [6.07, 6.45) is 4.43. The molecule has 3 N–H and O–H groups in total. The van der Waals surface area contributed by atoms with E-state index in [2.05, 4.69) is 13.2 Å². The molecule has 3 fully saturated rings. The van der Waals surface area contributed by atoms with Gasteiger partial charge in [0.2, 0.25) is 0 Å². The first-order valence-electron chi connectivity index (χ1n) is 5.89. The average Bonchev–Trinajstić information content (AvgIpc) is 2.57. The molecule has 1 heterocycles. The molecule has 0 amide bonds. The van der Waals surface area contributed by atoms with E-state index in [0.29, 0.717) is 10.8 Å². The number of hydrogen-bond donors (Lipinski definition) is 2. The Labute approximate surface area is 96.5 Å². The predicted molar refractivity (Wildman–Crippen MR) is 65.1 cm³/mol. The summed E-state index contributed by atoms with van der Waals surface area (Å²) in [5.41, 5.74) is 9.00. The maximum Gasteiger partial charge on any atom is 0.188 e. The van der Waals surface area contributed by atoms with Crippen molar-refractivity contribution < 1.29 is 0 Å². The Balaban J connectivity index is 2.00. The molecule has 2 saturated carbocycles. The SMILES string of the molecule is C=C1CC23CC(=C)CC2(C1)CN(C(=N)N)C3. The fourth-order valence-electron chi connectivity index (χ4n) is 4.43. The molecule has 0 aromatic heterocycles. The van der Waals surface area contributed by atoms with Crippen LogP contribution in [0.3, 0.4) is 0 Å². The molecule has 0 atom stereocenters. The Morgan fingerprint density at radius 1 is 1.06 bits per heavy atom. The number of nitrogens with zero attached hydrogens (tertiary/aromatic N) is 1. The third-order valence-electron chi connectivity index (χ3n) is 4.81. The highest BCUT2D eigenvalue weighted by atomic mass is 15.3. The van der Waals surface area contributed by atoms with Crippen LogP contribution in [0.2, 0.25) is 0 Å². The number of nitrogens with one attached hydrogen (secondary N) is 1. The number of likely N-dealkylation sites (tertiary alicyclic amines) is 1. The maximum atomic E-state index is 7.60. The van der Waals surface area contributed by atoms with Crippen molar-refractivity contribution in [2.24, 2.45) is 16.6 Å². The van der Waals surface area contributed by atoms with Crippen LogP contribution in [0.4, 0.5) is 0 Å². The van der Waals surface area contributed by atoms with Crippen molar-refractivity contribution in [1.29, 1.82) is 5.41 Å². The number of allylic oxidation sites excluding steroid dienone is 2. The minimum Gasteiger partial charge on any atom is -0.370 e. The molecular weight excluding hydrogens is 198 g/mol. The van der Waals surface area contributed by atoms with Crippen molar-refractivity contribution in [3.05, 3.63) is 24.3 Å². The summed E-state index contributed by atoms with van der Waals surface area (Å²) in [7, 11) is 0. The first-order chi connectivity index (χ1) is 7.46. The molecule has 3 aliphatic rings. The second-order valence-corrected chi connectivity index (χ2v) is 6.01. The lowest BCUT2D eigenvalue weighted by molar-refractivity contribution is 0.184. The van der Waals surface area contributed by atoms with Crippen molar-refractivity contribution in [2.75, 3.05) is 13.1 Å². The molecule has 86 valence electrons. The van der Waals surface area contributed by atoms with Gasteiger partial charge in [0.05, 0.1) is 0 Å². The molecule has 3 nitrogen and oxygen atoms in total. The van der Waals surface area contributed by atoms with Gasteiger partial charge in [-0.05, 0) is 25.7 Å². The van der Waals surface area contributed by atoms with Gasteiger partial charge in [-0.25, -0.2) is 0 Å². The van der Waals surface area contributed by atoms with Crippen molar-refractivity contribution >= 4 is 5.96 Å². The van der Waals surface area contributed by atoms with Crippen molar-refractivity contribution in [2.45, 2.75) is 25.7 Å². The van der Waals surface area contributed by atoms with Crippen LogP contribution < -0.4 is 5.73 Å². The smallest absolute Gasteiger partial charge is 0.188 e. The van der Waals surface area contributed by atoms with E-state index in [4.69, 9.17) is 11.1 Å². The molecule has 2 aliphatic carbocycles. The van der Waals surface area contributed by atoms with Crippen molar-refractivity contribution in [3.8, 4) is 0 Å². The van der Waals surface area contributed by atoms with Gasteiger partial charge in [-0.1, -0.05) is 24.3 Å². The molecule has 3 rings (SSSR count). The lowest BCUT2D eigenvalue weighted by atomic mass is 9.71. The Kier molecular flexibility index (Phi) is 1.68. The molecule has 0 unspecified atom stereocenters. The van der Waals surface area contributed by atoms with E-state index >= 15 is 0 Å². The molecule has 1 saturated heterocycles. The van der Waals surface area contributed by atoms with E-state index < -0.39 is 0 Å². The van der Waals surface area contributed by atoms with Gasteiger partial charge in [-0.2, -0.15) is 0 Å². The largest absolute Gasteiger partial charge is 0.370 e. The lowest BCUT2D eigenvalue weighted by Gasteiger charge is -2.30. The molecule has 16 heavy (non-hydrogen) atoms. The van der Waals surface area contributed by atoms with Gasteiger partial charge >= 0.3 is 0 Å². The lowest BCUT2D eigenvalue weighted by Crippen LogP contribution is -2.37. The summed E-state index contributed by atoms with van der Waals surface area (Å²) in [6.45, 7) is 10.2. The van der Waals surface area contributed by atoms with Crippen LogP contribution in [0.15, 0.2) is 24.3 Å². The molecule has 0 radical (unpaired) electrons. The average molecular weight is 217 g/mol. The Bertz CT molecular complexity index is 359. The molecule has 3 heteroatoms. The van der Waals surface area contributed by atoms with E-state index in [1.807, 2.05) is 4.90 Å². The van der Waals surface area contributed by atoms with Crippen LogP contribution in [0.25, 0.3) is 0 Å². The van der Waals surface area contributed by atoms with Crippen LogP contribution in [0.5, 0.6) is 0 Å². The standard InChI is InChI=1S/C13H19N3/c1-9-3-12-5-10(2)6-13(12,4-9)8-16(7-12)11(14)15/h1-8H2,(H3,14,15). The van der Waals surface area contributed by atoms with E-state index in [-0.39, 0.29) is 5.96 Å². The minimum absolute atomic E-state index is 0.228. The topological polar surface area (TPSA) is 53.1 Å². The van der Waals surface area contributed by atoms with E-state index in [1.165, 1.54) is 11.1 Å². The first-order valence-corrected chi connectivity index (χ1v) is 5.89. The fraction of sp³-hybridized carbons (Fsp3) is 0.615. The number of rotatable bonds is 0. The first kappa shape index (κ1) is 9.94. The summed E-state index contributed by atoms with van der Waals surface area (Å²) in [5, 5.41) is 7.60. The van der Waals surface area contributed by atoms with Gasteiger partial charge in [0, 0.05) is 23.9 Å². The van der Waals surface area contributed by atoms with Crippen LogP contribution in [-0.2, 0) is 0 Å². The quantitative estimate of drug-likeness (QED) is 0.370. The normalized spacial score (nSPS) is 41.4. The van der Waals surface area contributed by atoms with Crippen molar-refractivity contribution in [1.82, 2.24) is 4.90 Å². The summed E-state index contributed by atoms with van der Waals surface area (Å²) in [5.74, 6) is 0.228. The van der Waals surface area contributed by atoms with Gasteiger partial charge in [-0.3, -0.25) is 5.41 Å². The maximum absolute atomic E-state index is 7.60. The third-order valence-corrected chi connectivity index (χ3v) is 4.81. The highest BCUT2D eigenvalue weighted by molar-refractivity contribution is 5.75. The van der Waals surface area contributed by atoms with Gasteiger partial charge < -0.3 is 10.6 Å². The molecule has 0 aromatic rings. The van der Waals surface area contributed by atoms with Gasteiger partial charge in [0.25, 0.3) is 0 Å². The summed E-state index contributed by atoms with van der Waals surface area (Å²) in [6, 6.07) is 0. The van der Waals surface area contributed by atoms with Gasteiger partial charge in [-0.15, -0.1) is 0 Å². The third kappa shape index (κ3) is 1.01. The highest BCUT2D eigenvalue weighted by Crippen LogP contribution is 2.68. The molecular formula is C13H19N3. The van der Waals surface area contributed by atoms with Gasteiger partial charge in [0.1, 0.15) is 0 Å². The van der Waals surface area contributed by atoms with Crippen LogP contribution in [0.1, 0.15) is 25.7 Å². The molecule has 0 aromatic carbocycles. The highest BCUT2D eigenvalue weighted by Gasteiger charge is 2.64. The summed E-state index contributed by atoms with van der Waals surface area (Å²) in [4.78, 5) is 2.04. The monoisotopic (exact) mass is 217 g/mol. The zero-order valence-corrected chi connectivity index (χ0v) is 9.68. The van der Waals surface area contributed by atoms with Crippen molar-refractivity contribution in [3.63, 3.8) is 0 Å². The minimum atomic E-state index is 0.228. The zero-order valence-electron chi connectivity index (χ0n) is 9.68. The molecule has 0 bridgehead atoms. The van der Waals surface area contributed by atoms with E-state index in [9.17, 15) is 0 Å². The summed E-state index contributed by atoms with van der Waals surface area (Å²) >= 11 is 0. The fourth-order valence-corrected chi connectivity index (χ4v) is 4.43. The zero-order chi connectivity index (χ0) is 11.6. The Morgan fingerprint density at radius 3 is 1.75 bits per heavy atom. The van der Waals surface area contributed by atoms with E-state index in [1.54, 1.807) is 0 Å². The number of nitrogens with two attached hydrogens (primary N) is 1. The van der Waals surface area contributed by atoms with Crippen LogP contribution in [-0.4, -0.2) is 23.9 Å². The number of guanidine groups is 1. The Hall–Kier alpha value is -1.25. The predicted octanol–water partition coefficient (Wildman–Crippen LogP) is 1.87. The molecule has 1 aliphatic heterocycles. The second-order valence-electron chi connectivity index (χ2n) is 6.01. The van der Waals surface area contributed by atoms with Crippen LogP contribution in [0, 0.1) is 16.2 Å².